The van der Waals surface area contributed by atoms with Gasteiger partial charge in [-0.25, -0.2) is 0 Å². The maximum Gasteiger partial charge on any atom is 0.132 e. The molecular formula is C13H23SSi+. The van der Waals surface area contributed by atoms with Crippen LogP contribution in [0.2, 0.25) is 19.6 Å². The van der Waals surface area contributed by atoms with Gasteiger partial charge in [0.1, 0.15) is 18.7 Å². The molecule has 2 heteroatoms. The van der Waals surface area contributed by atoms with E-state index < -0.39 is 8.07 Å². The summed E-state index contributed by atoms with van der Waals surface area (Å²) in [5.41, 5.74) is 1.49. The van der Waals surface area contributed by atoms with Gasteiger partial charge in [0.05, 0.1) is 6.26 Å². The van der Waals surface area contributed by atoms with Crippen molar-refractivity contribution >= 4 is 19.0 Å². The predicted molar refractivity (Wildman–Crippen MR) is 76.2 cm³/mol. The molecule has 0 heterocycles. The molecule has 0 amide bonds. The van der Waals surface area contributed by atoms with E-state index in [1.165, 1.54) is 11.3 Å². The molecule has 1 rings (SSSR count). The van der Waals surface area contributed by atoms with Crippen molar-refractivity contribution in [3.8, 4) is 0 Å². The molecule has 0 N–H and O–H groups in total. The molecule has 0 aliphatic heterocycles. The Morgan fingerprint density at radius 2 is 1.67 bits per heavy atom. The Kier molecular flexibility index (Phi) is 4.47. The zero-order chi connectivity index (χ0) is 11.5. The summed E-state index contributed by atoms with van der Waals surface area (Å²) >= 11 is 0. The summed E-state index contributed by atoms with van der Waals surface area (Å²) < 4.78 is 0. The van der Waals surface area contributed by atoms with E-state index >= 15 is 0 Å². The zero-order valence-electron chi connectivity index (χ0n) is 10.6. The SMILES string of the molecule is CC([S+](C)Cc1ccccc1)[Si](C)(C)C. The summed E-state index contributed by atoms with van der Waals surface area (Å²) in [6, 6.07) is 10.9. The second-order valence-electron chi connectivity index (χ2n) is 5.33. The van der Waals surface area contributed by atoms with Crippen LogP contribution in [0, 0.1) is 0 Å². The minimum absolute atomic E-state index is 0.527. The third kappa shape index (κ3) is 4.04. The van der Waals surface area contributed by atoms with Gasteiger partial charge in [-0.05, 0) is 17.8 Å². The first-order valence-electron chi connectivity index (χ1n) is 5.56. The average molecular weight is 239 g/mol. The van der Waals surface area contributed by atoms with Crippen molar-refractivity contribution in [3.05, 3.63) is 35.9 Å². The summed E-state index contributed by atoms with van der Waals surface area (Å²) in [6.45, 7) is 9.88. The average Bonchev–Trinajstić information content (AvgIpc) is 2.16. The fraction of sp³-hybridized carbons (Fsp3) is 0.538. The van der Waals surface area contributed by atoms with Gasteiger partial charge in [0.15, 0.2) is 0 Å². The van der Waals surface area contributed by atoms with Crippen molar-refractivity contribution in [2.45, 2.75) is 37.2 Å². The van der Waals surface area contributed by atoms with Gasteiger partial charge < -0.3 is 0 Å². The Balaban J connectivity index is 2.60. The maximum atomic E-state index is 2.48. The molecule has 2 unspecified atom stereocenters. The number of hydrogen-bond donors (Lipinski definition) is 0. The van der Waals surface area contributed by atoms with Crippen LogP contribution in [0.15, 0.2) is 30.3 Å². The summed E-state index contributed by atoms with van der Waals surface area (Å²) in [7, 11) is -0.439. The highest BCUT2D eigenvalue weighted by Gasteiger charge is 2.34. The predicted octanol–water partition coefficient (Wildman–Crippen LogP) is 3.70. The third-order valence-electron chi connectivity index (χ3n) is 3.06. The zero-order valence-corrected chi connectivity index (χ0v) is 12.4. The Hall–Kier alpha value is -0.213. The topological polar surface area (TPSA) is 0 Å². The van der Waals surface area contributed by atoms with Crippen molar-refractivity contribution in [3.63, 3.8) is 0 Å². The van der Waals surface area contributed by atoms with Crippen LogP contribution in [-0.4, -0.2) is 19.2 Å². The lowest BCUT2D eigenvalue weighted by atomic mass is 10.2. The quantitative estimate of drug-likeness (QED) is 0.555. The molecular weight excluding hydrogens is 216 g/mol. The number of benzene rings is 1. The fourth-order valence-electron chi connectivity index (χ4n) is 1.57. The van der Waals surface area contributed by atoms with Crippen LogP contribution in [0.5, 0.6) is 0 Å². The summed E-state index contributed by atoms with van der Waals surface area (Å²) in [5.74, 6) is 1.26. The molecule has 0 aliphatic carbocycles. The van der Waals surface area contributed by atoms with E-state index in [0.717, 1.165) is 4.87 Å². The van der Waals surface area contributed by atoms with Crippen LogP contribution in [-0.2, 0) is 16.6 Å². The second kappa shape index (κ2) is 5.22. The van der Waals surface area contributed by atoms with Crippen LogP contribution < -0.4 is 0 Å². The van der Waals surface area contributed by atoms with E-state index in [0.29, 0.717) is 10.9 Å². The lowest BCUT2D eigenvalue weighted by Crippen LogP contribution is -2.41. The van der Waals surface area contributed by atoms with Crippen LogP contribution in [0.4, 0.5) is 0 Å². The van der Waals surface area contributed by atoms with Gasteiger partial charge in [-0.3, -0.25) is 0 Å². The Labute approximate surface area is 98.5 Å². The van der Waals surface area contributed by atoms with Crippen molar-refractivity contribution in [2.24, 2.45) is 0 Å². The van der Waals surface area contributed by atoms with E-state index in [9.17, 15) is 0 Å². The molecule has 0 aromatic heterocycles. The molecule has 1 aromatic rings. The number of hydrogen-bond acceptors (Lipinski definition) is 0. The van der Waals surface area contributed by atoms with Gasteiger partial charge in [0.25, 0.3) is 0 Å². The molecule has 0 saturated heterocycles. The second-order valence-corrected chi connectivity index (χ2v) is 13.7. The van der Waals surface area contributed by atoms with E-state index in [-0.39, 0.29) is 0 Å². The van der Waals surface area contributed by atoms with E-state index in [1.54, 1.807) is 0 Å². The monoisotopic (exact) mass is 239 g/mol. The van der Waals surface area contributed by atoms with Gasteiger partial charge in [0.2, 0.25) is 0 Å². The Bertz CT molecular complexity index is 289. The molecule has 1 aromatic carbocycles. The highest BCUT2D eigenvalue weighted by Crippen LogP contribution is 2.20. The Morgan fingerprint density at radius 3 is 2.13 bits per heavy atom. The molecule has 0 aliphatic rings. The molecule has 15 heavy (non-hydrogen) atoms. The third-order valence-corrected chi connectivity index (χ3v) is 10.8. The summed E-state index contributed by atoms with van der Waals surface area (Å²) in [5, 5.41) is 0. The van der Waals surface area contributed by atoms with Crippen molar-refractivity contribution in [1.29, 1.82) is 0 Å². The molecule has 0 fully saturated rings. The molecule has 0 saturated carbocycles. The smallest absolute Gasteiger partial charge is 0.0651 e. The van der Waals surface area contributed by atoms with Crippen molar-refractivity contribution in [2.75, 3.05) is 6.26 Å². The number of rotatable bonds is 4. The van der Waals surface area contributed by atoms with Crippen LogP contribution in [0.3, 0.4) is 0 Å². The lowest BCUT2D eigenvalue weighted by Gasteiger charge is -2.23. The standard InChI is InChI=1S/C13H23SSi/c1-12(15(3,4)5)14(2)11-13-9-7-6-8-10-13/h6-10,12H,11H2,1-5H3/q+1. The van der Waals surface area contributed by atoms with Crippen molar-refractivity contribution < 1.29 is 0 Å². The molecule has 84 valence electrons. The van der Waals surface area contributed by atoms with Crippen LogP contribution >= 0.6 is 0 Å². The first-order valence-corrected chi connectivity index (χ1v) is 11.0. The van der Waals surface area contributed by atoms with E-state index in [2.05, 4.69) is 63.2 Å². The summed E-state index contributed by atoms with van der Waals surface area (Å²) in [4.78, 5) is 0.915. The molecule has 0 bridgehead atoms. The van der Waals surface area contributed by atoms with Crippen LogP contribution in [0.25, 0.3) is 0 Å². The first-order chi connectivity index (χ1) is 6.91. The molecule has 0 spiro atoms. The minimum atomic E-state index is -0.965. The highest BCUT2D eigenvalue weighted by molar-refractivity contribution is 7.97. The highest BCUT2D eigenvalue weighted by atomic mass is 32.2. The fourth-order valence-corrected chi connectivity index (χ4v) is 7.61. The molecule has 0 nitrogen and oxygen atoms in total. The van der Waals surface area contributed by atoms with Gasteiger partial charge in [0, 0.05) is 5.56 Å². The largest absolute Gasteiger partial charge is 0.132 e. The summed E-state index contributed by atoms with van der Waals surface area (Å²) in [6.07, 6.45) is 2.43. The normalized spacial score (nSPS) is 16.1. The van der Waals surface area contributed by atoms with Gasteiger partial charge >= 0.3 is 0 Å². The molecule has 2 atom stereocenters. The Morgan fingerprint density at radius 1 is 1.13 bits per heavy atom. The minimum Gasteiger partial charge on any atom is -0.0651 e. The molecule has 0 radical (unpaired) electrons. The van der Waals surface area contributed by atoms with Gasteiger partial charge in [-0.2, -0.15) is 0 Å². The van der Waals surface area contributed by atoms with Gasteiger partial charge in [-0.1, -0.05) is 50.0 Å². The van der Waals surface area contributed by atoms with E-state index in [4.69, 9.17) is 0 Å². The first kappa shape index (κ1) is 12.9. The lowest BCUT2D eigenvalue weighted by molar-refractivity contribution is 1.25. The van der Waals surface area contributed by atoms with Gasteiger partial charge in [-0.15, -0.1) is 0 Å². The van der Waals surface area contributed by atoms with E-state index in [1.807, 2.05) is 0 Å². The van der Waals surface area contributed by atoms with Crippen LogP contribution in [0.1, 0.15) is 12.5 Å². The van der Waals surface area contributed by atoms with Crippen molar-refractivity contribution in [1.82, 2.24) is 0 Å². The maximum absolute atomic E-state index is 2.48.